The minimum atomic E-state index is -0.0371. The van der Waals surface area contributed by atoms with Crippen LogP contribution < -0.4 is 10.1 Å². The van der Waals surface area contributed by atoms with Gasteiger partial charge in [0.25, 0.3) is 5.89 Å². The second kappa shape index (κ2) is 7.65. The van der Waals surface area contributed by atoms with Gasteiger partial charge in [-0.1, -0.05) is 0 Å². The smallest absolute Gasteiger partial charge is 0.251 e. The van der Waals surface area contributed by atoms with Crippen LogP contribution in [0.3, 0.4) is 0 Å². The van der Waals surface area contributed by atoms with E-state index in [1.165, 1.54) is 0 Å². The lowest BCUT2D eigenvalue weighted by molar-refractivity contribution is -0.116. The van der Waals surface area contributed by atoms with Gasteiger partial charge in [0, 0.05) is 38.0 Å². The third-order valence-electron chi connectivity index (χ3n) is 3.73. The van der Waals surface area contributed by atoms with E-state index in [0.717, 1.165) is 13.0 Å². The normalized spacial score (nSPS) is 10.6. The first-order valence-electron chi connectivity index (χ1n) is 8.05. The van der Waals surface area contributed by atoms with Crippen LogP contribution in [0.1, 0.15) is 18.7 Å². The lowest BCUT2D eigenvalue weighted by atomic mass is 10.1. The molecule has 0 aliphatic heterocycles. The predicted molar refractivity (Wildman–Crippen MR) is 93.3 cm³/mol. The molecule has 1 N–H and O–H groups in total. The van der Waals surface area contributed by atoms with Crippen molar-refractivity contribution in [3.8, 4) is 17.2 Å². The van der Waals surface area contributed by atoms with Crippen LogP contribution in [0.25, 0.3) is 11.5 Å². The Balaban J connectivity index is 1.64. The third kappa shape index (κ3) is 4.26. The van der Waals surface area contributed by atoms with E-state index < -0.39 is 0 Å². The molecule has 7 heteroatoms. The number of hydrogen-bond acceptors (Lipinski definition) is 5. The molecule has 0 unspecified atom stereocenters. The highest BCUT2D eigenvalue weighted by molar-refractivity contribution is 5.91. The van der Waals surface area contributed by atoms with Gasteiger partial charge in [-0.3, -0.25) is 4.79 Å². The first-order chi connectivity index (χ1) is 12.2. The van der Waals surface area contributed by atoms with Gasteiger partial charge >= 0.3 is 0 Å². The van der Waals surface area contributed by atoms with Gasteiger partial charge in [0.15, 0.2) is 0 Å². The van der Waals surface area contributed by atoms with Gasteiger partial charge in [0.05, 0.1) is 12.7 Å². The second-order valence-electron chi connectivity index (χ2n) is 5.61. The van der Waals surface area contributed by atoms with E-state index >= 15 is 0 Å². The van der Waals surface area contributed by atoms with Crippen LogP contribution in [0.5, 0.6) is 5.75 Å². The van der Waals surface area contributed by atoms with Crippen molar-refractivity contribution in [3.63, 3.8) is 0 Å². The molecule has 0 bridgehead atoms. The molecule has 0 aliphatic rings. The summed E-state index contributed by atoms with van der Waals surface area (Å²) in [6.45, 7) is 2.54. The van der Waals surface area contributed by atoms with E-state index in [0.29, 0.717) is 35.2 Å². The molecule has 0 radical (unpaired) electrons. The standard InChI is InChI=1S/C18H20N4O3/c1-13-20-21-18(25-13)15-12-14(7-8-16(15)24-2)19-17(23)6-5-11-22-9-3-4-10-22/h3-4,7-10,12H,5-6,11H2,1-2H3,(H,19,23). The monoisotopic (exact) mass is 340 g/mol. The fourth-order valence-electron chi connectivity index (χ4n) is 2.52. The number of amides is 1. The van der Waals surface area contributed by atoms with Crippen molar-refractivity contribution in [2.75, 3.05) is 12.4 Å². The average molecular weight is 340 g/mol. The molecule has 25 heavy (non-hydrogen) atoms. The number of anilines is 1. The summed E-state index contributed by atoms with van der Waals surface area (Å²) in [6, 6.07) is 9.27. The number of rotatable bonds is 7. The molecule has 1 aromatic carbocycles. The summed E-state index contributed by atoms with van der Waals surface area (Å²) in [5.41, 5.74) is 1.31. The van der Waals surface area contributed by atoms with Crippen molar-refractivity contribution in [1.82, 2.24) is 14.8 Å². The number of aryl methyl sites for hydroxylation is 2. The minimum Gasteiger partial charge on any atom is -0.496 e. The Labute approximate surface area is 145 Å². The molecule has 3 aromatic rings. The van der Waals surface area contributed by atoms with Gasteiger partial charge in [-0.15, -0.1) is 10.2 Å². The third-order valence-corrected chi connectivity index (χ3v) is 3.73. The van der Waals surface area contributed by atoms with E-state index in [1.54, 1.807) is 32.2 Å². The zero-order valence-corrected chi connectivity index (χ0v) is 14.2. The summed E-state index contributed by atoms with van der Waals surface area (Å²) < 4.78 is 12.8. The summed E-state index contributed by atoms with van der Waals surface area (Å²) in [5, 5.41) is 10.7. The molecule has 0 atom stereocenters. The van der Waals surface area contributed by atoms with Crippen LogP contribution in [-0.4, -0.2) is 27.8 Å². The Morgan fingerprint density at radius 2 is 2.08 bits per heavy atom. The Hall–Kier alpha value is -3.09. The number of benzene rings is 1. The Morgan fingerprint density at radius 1 is 1.28 bits per heavy atom. The molecule has 3 rings (SSSR count). The molecule has 0 fully saturated rings. The van der Waals surface area contributed by atoms with Crippen molar-refractivity contribution in [3.05, 3.63) is 48.6 Å². The van der Waals surface area contributed by atoms with Crippen LogP contribution in [0, 0.1) is 6.92 Å². The van der Waals surface area contributed by atoms with Gasteiger partial charge in [-0.2, -0.15) is 0 Å². The fourth-order valence-corrected chi connectivity index (χ4v) is 2.52. The maximum atomic E-state index is 12.1. The Kier molecular flexibility index (Phi) is 5.13. The molecule has 0 spiro atoms. The summed E-state index contributed by atoms with van der Waals surface area (Å²) >= 11 is 0. The van der Waals surface area contributed by atoms with E-state index in [9.17, 15) is 4.79 Å². The topological polar surface area (TPSA) is 82.2 Å². The highest BCUT2D eigenvalue weighted by Crippen LogP contribution is 2.31. The Bertz CT molecular complexity index is 840. The maximum absolute atomic E-state index is 12.1. The van der Waals surface area contributed by atoms with Gasteiger partial charge < -0.3 is 19.0 Å². The number of nitrogens with zero attached hydrogens (tertiary/aromatic N) is 3. The molecule has 0 aliphatic carbocycles. The Morgan fingerprint density at radius 3 is 2.76 bits per heavy atom. The lowest BCUT2D eigenvalue weighted by Gasteiger charge is -2.10. The highest BCUT2D eigenvalue weighted by Gasteiger charge is 2.14. The van der Waals surface area contributed by atoms with Crippen molar-refractivity contribution in [2.24, 2.45) is 0 Å². The summed E-state index contributed by atoms with van der Waals surface area (Å²) in [4.78, 5) is 12.1. The van der Waals surface area contributed by atoms with Crippen LogP contribution in [0.15, 0.2) is 47.1 Å². The van der Waals surface area contributed by atoms with Crippen LogP contribution in [0.2, 0.25) is 0 Å². The number of nitrogens with one attached hydrogen (secondary N) is 1. The predicted octanol–water partition coefficient (Wildman–Crippen LogP) is 3.27. The lowest BCUT2D eigenvalue weighted by Crippen LogP contribution is -2.12. The molecule has 2 aromatic heterocycles. The van der Waals surface area contributed by atoms with E-state index in [-0.39, 0.29) is 5.91 Å². The number of carbonyl (C=O) groups excluding carboxylic acids is 1. The first kappa shape index (κ1) is 16.8. The molecule has 0 saturated heterocycles. The zero-order valence-electron chi connectivity index (χ0n) is 14.2. The zero-order chi connectivity index (χ0) is 17.6. The summed E-state index contributed by atoms with van der Waals surface area (Å²) in [5.74, 6) is 1.40. The van der Waals surface area contributed by atoms with E-state index in [2.05, 4.69) is 20.1 Å². The molecular weight excluding hydrogens is 320 g/mol. The van der Waals surface area contributed by atoms with E-state index in [1.807, 2.05) is 24.5 Å². The van der Waals surface area contributed by atoms with Crippen molar-refractivity contribution in [1.29, 1.82) is 0 Å². The summed E-state index contributed by atoms with van der Waals surface area (Å²) in [6.07, 6.45) is 5.19. The molecule has 1 amide bonds. The summed E-state index contributed by atoms with van der Waals surface area (Å²) in [7, 11) is 1.57. The van der Waals surface area contributed by atoms with Crippen LogP contribution >= 0.6 is 0 Å². The number of hydrogen-bond donors (Lipinski definition) is 1. The number of ether oxygens (including phenoxy) is 1. The maximum Gasteiger partial charge on any atom is 0.251 e. The molecule has 7 nitrogen and oxygen atoms in total. The second-order valence-corrected chi connectivity index (χ2v) is 5.61. The molecule has 0 saturated carbocycles. The van der Waals surface area contributed by atoms with Gasteiger partial charge in [-0.05, 0) is 36.8 Å². The largest absolute Gasteiger partial charge is 0.496 e. The number of carbonyl (C=O) groups is 1. The van der Waals surface area contributed by atoms with E-state index in [4.69, 9.17) is 9.15 Å². The fraction of sp³-hybridized carbons (Fsp3) is 0.278. The minimum absolute atomic E-state index is 0.0371. The van der Waals surface area contributed by atoms with Crippen LogP contribution in [-0.2, 0) is 11.3 Å². The van der Waals surface area contributed by atoms with Gasteiger partial charge in [0.1, 0.15) is 5.75 Å². The van der Waals surface area contributed by atoms with Crippen molar-refractivity contribution < 1.29 is 13.9 Å². The van der Waals surface area contributed by atoms with Crippen molar-refractivity contribution >= 4 is 11.6 Å². The SMILES string of the molecule is COc1ccc(NC(=O)CCCn2cccc2)cc1-c1nnc(C)o1. The quantitative estimate of drug-likeness (QED) is 0.714. The van der Waals surface area contributed by atoms with Gasteiger partial charge in [-0.25, -0.2) is 0 Å². The molecular formula is C18H20N4O3. The molecule has 2 heterocycles. The number of aromatic nitrogens is 3. The number of methoxy groups -OCH3 is 1. The average Bonchev–Trinajstić information content (AvgIpc) is 3.26. The highest BCUT2D eigenvalue weighted by atomic mass is 16.5. The first-order valence-corrected chi connectivity index (χ1v) is 8.05. The van der Waals surface area contributed by atoms with Crippen LogP contribution in [0.4, 0.5) is 5.69 Å². The van der Waals surface area contributed by atoms with Crippen molar-refractivity contribution in [2.45, 2.75) is 26.3 Å². The van der Waals surface area contributed by atoms with Gasteiger partial charge in [0.2, 0.25) is 11.8 Å². The molecule has 130 valence electrons.